The number of benzene rings is 1. The minimum absolute atomic E-state index is 0.111. The van der Waals surface area contributed by atoms with Crippen molar-refractivity contribution in [2.75, 3.05) is 30.9 Å². The molecule has 0 aliphatic rings. The summed E-state index contributed by atoms with van der Waals surface area (Å²) >= 11 is 5.84. The summed E-state index contributed by atoms with van der Waals surface area (Å²) in [4.78, 5) is 13.9. The van der Waals surface area contributed by atoms with Crippen molar-refractivity contribution in [3.63, 3.8) is 0 Å². The van der Waals surface area contributed by atoms with E-state index in [2.05, 4.69) is 20.3 Å². The van der Waals surface area contributed by atoms with Gasteiger partial charge in [0.2, 0.25) is 17.2 Å². The summed E-state index contributed by atoms with van der Waals surface area (Å²) < 4.78 is 0. The van der Waals surface area contributed by atoms with Gasteiger partial charge in [0.05, 0.1) is 6.10 Å². The SMILES string of the molecule is CN(C)c1nc(Cl)nc(NCC(O)c2ccccc2)n1. The molecule has 1 unspecified atom stereocenters. The van der Waals surface area contributed by atoms with Gasteiger partial charge in [-0.3, -0.25) is 0 Å². The van der Waals surface area contributed by atoms with Crippen molar-refractivity contribution in [1.29, 1.82) is 0 Å². The number of nitrogens with zero attached hydrogens (tertiary/aromatic N) is 4. The molecule has 20 heavy (non-hydrogen) atoms. The van der Waals surface area contributed by atoms with Crippen LogP contribution in [0.25, 0.3) is 0 Å². The van der Waals surface area contributed by atoms with E-state index in [0.29, 0.717) is 11.9 Å². The van der Waals surface area contributed by atoms with Gasteiger partial charge in [-0.25, -0.2) is 0 Å². The Morgan fingerprint density at radius 3 is 2.55 bits per heavy atom. The van der Waals surface area contributed by atoms with E-state index in [9.17, 15) is 5.11 Å². The molecule has 0 aliphatic heterocycles. The third-order valence-corrected chi connectivity index (χ3v) is 2.80. The summed E-state index contributed by atoms with van der Waals surface area (Å²) in [6.07, 6.45) is -0.644. The molecule has 7 heteroatoms. The van der Waals surface area contributed by atoms with Gasteiger partial charge in [-0.2, -0.15) is 15.0 Å². The molecule has 1 heterocycles. The highest BCUT2D eigenvalue weighted by molar-refractivity contribution is 6.28. The molecule has 0 saturated heterocycles. The van der Waals surface area contributed by atoms with Crippen LogP contribution in [-0.4, -0.2) is 40.7 Å². The van der Waals surface area contributed by atoms with Crippen molar-refractivity contribution in [3.8, 4) is 0 Å². The van der Waals surface area contributed by atoms with E-state index in [0.717, 1.165) is 5.56 Å². The van der Waals surface area contributed by atoms with Gasteiger partial charge in [0.25, 0.3) is 0 Å². The number of aliphatic hydroxyl groups is 1. The Hall–Kier alpha value is -1.92. The lowest BCUT2D eigenvalue weighted by molar-refractivity contribution is 0.191. The van der Waals surface area contributed by atoms with Crippen LogP contribution in [-0.2, 0) is 0 Å². The number of aliphatic hydroxyl groups excluding tert-OH is 1. The molecular formula is C13H16ClN5O. The first-order valence-corrected chi connectivity index (χ1v) is 6.50. The average Bonchev–Trinajstić information content (AvgIpc) is 2.45. The molecule has 0 aliphatic carbocycles. The molecule has 6 nitrogen and oxygen atoms in total. The first kappa shape index (κ1) is 14.5. The number of aromatic nitrogens is 3. The molecule has 1 aromatic carbocycles. The Morgan fingerprint density at radius 2 is 1.90 bits per heavy atom. The predicted octanol–water partition coefficient (Wildman–Crippen LogP) is 1.74. The third kappa shape index (κ3) is 3.79. The molecule has 0 saturated carbocycles. The van der Waals surface area contributed by atoms with Crippen LogP contribution in [0.5, 0.6) is 0 Å². The average molecular weight is 294 g/mol. The number of rotatable bonds is 5. The topological polar surface area (TPSA) is 74.2 Å². The smallest absolute Gasteiger partial charge is 0.230 e. The first-order valence-electron chi connectivity index (χ1n) is 6.12. The number of hydrogen-bond donors (Lipinski definition) is 2. The summed E-state index contributed by atoms with van der Waals surface area (Å²) in [7, 11) is 3.63. The second kappa shape index (κ2) is 6.49. The van der Waals surface area contributed by atoms with E-state index < -0.39 is 6.10 Å². The number of hydrogen-bond acceptors (Lipinski definition) is 6. The molecule has 2 rings (SSSR count). The van der Waals surface area contributed by atoms with E-state index >= 15 is 0 Å². The van der Waals surface area contributed by atoms with Crippen LogP contribution < -0.4 is 10.2 Å². The summed E-state index contributed by atoms with van der Waals surface area (Å²) in [6.45, 7) is 0.289. The van der Waals surface area contributed by atoms with Gasteiger partial charge >= 0.3 is 0 Å². The second-order valence-electron chi connectivity index (χ2n) is 4.43. The van der Waals surface area contributed by atoms with Crippen molar-refractivity contribution in [2.45, 2.75) is 6.10 Å². The summed E-state index contributed by atoms with van der Waals surface area (Å²) in [5.41, 5.74) is 0.827. The van der Waals surface area contributed by atoms with Crippen LogP contribution in [0, 0.1) is 0 Å². The molecule has 0 fully saturated rings. The quantitative estimate of drug-likeness (QED) is 0.875. The standard InChI is InChI=1S/C13H16ClN5O/c1-19(2)13-17-11(14)16-12(18-13)15-8-10(20)9-6-4-3-5-7-9/h3-7,10,20H,8H2,1-2H3,(H,15,16,17,18). The fourth-order valence-electron chi connectivity index (χ4n) is 1.60. The number of anilines is 2. The van der Waals surface area contributed by atoms with Crippen molar-refractivity contribution in [3.05, 3.63) is 41.2 Å². The van der Waals surface area contributed by atoms with Crippen LogP contribution in [0.3, 0.4) is 0 Å². The number of halogens is 1. The Kier molecular flexibility index (Phi) is 4.70. The molecule has 106 valence electrons. The monoisotopic (exact) mass is 293 g/mol. The minimum atomic E-state index is -0.644. The Labute approximate surface area is 122 Å². The summed E-state index contributed by atoms with van der Waals surface area (Å²) in [5.74, 6) is 0.797. The summed E-state index contributed by atoms with van der Waals surface area (Å²) in [5, 5.41) is 13.1. The zero-order valence-electron chi connectivity index (χ0n) is 11.3. The third-order valence-electron chi connectivity index (χ3n) is 2.63. The van der Waals surface area contributed by atoms with Crippen molar-refractivity contribution in [1.82, 2.24) is 15.0 Å². The van der Waals surface area contributed by atoms with Gasteiger partial charge in [-0.05, 0) is 17.2 Å². The van der Waals surface area contributed by atoms with Crippen LogP contribution in [0.1, 0.15) is 11.7 Å². The zero-order valence-corrected chi connectivity index (χ0v) is 12.0. The summed E-state index contributed by atoms with van der Waals surface area (Å²) in [6, 6.07) is 9.37. The van der Waals surface area contributed by atoms with Gasteiger partial charge in [0.1, 0.15) is 0 Å². The predicted molar refractivity (Wildman–Crippen MR) is 79.1 cm³/mol. The highest BCUT2D eigenvalue weighted by atomic mass is 35.5. The molecule has 0 amide bonds. The van der Waals surface area contributed by atoms with Crippen LogP contribution in [0.4, 0.5) is 11.9 Å². The minimum Gasteiger partial charge on any atom is -0.387 e. The van der Waals surface area contributed by atoms with Gasteiger partial charge in [-0.1, -0.05) is 30.3 Å². The number of nitrogens with one attached hydrogen (secondary N) is 1. The van der Waals surface area contributed by atoms with Crippen molar-refractivity contribution in [2.24, 2.45) is 0 Å². The lowest BCUT2D eigenvalue weighted by Gasteiger charge is -2.14. The van der Waals surface area contributed by atoms with Gasteiger partial charge in [0, 0.05) is 20.6 Å². The highest BCUT2D eigenvalue weighted by Crippen LogP contribution is 2.15. The zero-order chi connectivity index (χ0) is 14.5. The molecule has 2 N–H and O–H groups in total. The van der Waals surface area contributed by atoms with E-state index in [1.54, 1.807) is 4.90 Å². The first-order chi connectivity index (χ1) is 9.56. The molecule has 2 aromatic rings. The lowest BCUT2D eigenvalue weighted by atomic mass is 10.1. The highest BCUT2D eigenvalue weighted by Gasteiger charge is 2.10. The van der Waals surface area contributed by atoms with Crippen LogP contribution in [0.2, 0.25) is 5.28 Å². The fourth-order valence-corrected chi connectivity index (χ4v) is 1.76. The van der Waals surface area contributed by atoms with Crippen molar-refractivity contribution < 1.29 is 5.11 Å². The van der Waals surface area contributed by atoms with Crippen LogP contribution in [0.15, 0.2) is 30.3 Å². The molecule has 1 atom stereocenters. The normalized spacial score (nSPS) is 12.0. The molecule has 1 aromatic heterocycles. The lowest BCUT2D eigenvalue weighted by Crippen LogP contribution is -2.17. The molecule has 0 radical (unpaired) electrons. The Morgan fingerprint density at radius 1 is 1.20 bits per heavy atom. The van der Waals surface area contributed by atoms with Gasteiger partial charge in [-0.15, -0.1) is 0 Å². The van der Waals surface area contributed by atoms with E-state index in [-0.39, 0.29) is 11.8 Å². The molecule has 0 bridgehead atoms. The Balaban J connectivity index is 2.04. The maximum atomic E-state index is 10.1. The Bertz CT molecular complexity index is 564. The maximum absolute atomic E-state index is 10.1. The van der Waals surface area contributed by atoms with Gasteiger partial charge in [0.15, 0.2) is 0 Å². The molecular weight excluding hydrogens is 278 g/mol. The fraction of sp³-hybridized carbons (Fsp3) is 0.308. The maximum Gasteiger partial charge on any atom is 0.230 e. The van der Waals surface area contributed by atoms with Crippen molar-refractivity contribution >= 4 is 23.5 Å². The van der Waals surface area contributed by atoms with E-state index in [1.165, 1.54) is 0 Å². The van der Waals surface area contributed by atoms with Gasteiger partial charge < -0.3 is 15.3 Å². The van der Waals surface area contributed by atoms with Crippen LogP contribution >= 0.6 is 11.6 Å². The second-order valence-corrected chi connectivity index (χ2v) is 4.77. The largest absolute Gasteiger partial charge is 0.387 e. The molecule has 0 spiro atoms. The van der Waals surface area contributed by atoms with E-state index in [1.807, 2.05) is 44.4 Å². The van der Waals surface area contributed by atoms with E-state index in [4.69, 9.17) is 11.6 Å².